The summed E-state index contributed by atoms with van der Waals surface area (Å²) in [7, 11) is -2.94. The zero-order chi connectivity index (χ0) is 14.6. The molecule has 20 heavy (non-hydrogen) atoms. The highest BCUT2D eigenvalue weighted by Gasteiger charge is 2.18. The van der Waals surface area contributed by atoms with Crippen LogP contribution in [0.2, 0.25) is 0 Å². The SMILES string of the molecule is CCc1ccc(O[P@](C)(=O)Nc2ccccc2I)cc1. The average molecular weight is 401 g/mol. The summed E-state index contributed by atoms with van der Waals surface area (Å²) < 4.78 is 19.1. The van der Waals surface area contributed by atoms with Gasteiger partial charge in [-0.15, -0.1) is 0 Å². The Morgan fingerprint density at radius 2 is 1.80 bits per heavy atom. The second-order valence-electron chi connectivity index (χ2n) is 4.53. The lowest BCUT2D eigenvalue weighted by atomic mass is 10.2. The molecule has 0 aromatic heterocycles. The van der Waals surface area contributed by atoms with E-state index in [1.54, 1.807) is 6.66 Å². The second-order valence-corrected chi connectivity index (χ2v) is 7.79. The maximum atomic E-state index is 12.5. The van der Waals surface area contributed by atoms with E-state index < -0.39 is 7.52 Å². The first-order valence-corrected chi connectivity index (χ1v) is 9.54. The number of halogens is 1. The van der Waals surface area contributed by atoms with E-state index in [0.29, 0.717) is 5.75 Å². The molecule has 2 aromatic rings. The highest BCUT2D eigenvalue weighted by molar-refractivity contribution is 14.1. The van der Waals surface area contributed by atoms with Crippen LogP contribution in [-0.4, -0.2) is 6.66 Å². The van der Waals surface area contributed by atoms with Gasteiger partial charge < -0.3 is 9.61 Å². The van der Waals surface area contributed by atoms with Crippen molar-refractivity contribution in [2.75, 3.05) is 11.8 Å². The van der Waals surface area contributed by atoms with E-state index in [0.717, 1.165) is 15.7 Å². The molecule has 0 fully saturated rings. The molecule has 0 spiro atoms. The highest BCUT2D eigenvalue weighted by atomic mass is 127. The van der Waals surface area contributed by atoms with E-state index in [9.17, 15) is 4.57 Å². The molecule has 0 saturated heterocycles. The van der Waals surface area contributed by atoms with E-state index >= 15 is 0 Å². The van der Waals surface area contributed by atoms with Crippen molar-refractivity contribution in [1.29, 1.82) is 0 Å². The van der Waals surface area contributed by atoms with Gasteiger partial charge in [0.2, 0.25) is 0 Å². The fourth-order valence-corrected chi connectivity index (χ4v) is 3.72. The van der Waals surface area contributed by atoms with Gasteiger partial charge in [-0.05, 0) is 58.8 Å². The number of para-hydroxylation sites is 1. The monoisotopic (exact) mass is 401 g/mol. The minimum Gasteiger partial charge on any atom is -0.429 e. The second kappa shape index (κ2) is 6.64. The van der Waals surface area contributed by atoms with Gasteiger partial charge in [0, 0.05) is 10.2 Å². The van der Waals surface area contributed by atoms with Crippen molar-refractivity contribution in [3.8, 4) is 5.75 Å². The van der Waals surface area contributed by atoms with Crippen molar-refractivity contribution in [2.45, 2.75) is 13.3 Å². The van der Waals surface area contributed by atoms with E-state index in [1.165, 1.54) is 5.56 Å². The molecule has 0 aliphatic rings. The van der Waals surface area contributed by atoms with Crippen LogP contribution in [0.15, 0.2) is 48.5 Å². The summed E-state index contributed by atoms with van der Waals surface area (Å²) in [5, 5.41) is 2.99. The normalized spacial score (nSPS) is 13.6. The zero-order valence-corrected chi connectivity index (χ0v) is 14.5. The number of benzene rings is 2. The molecule has 5 heteroatoms. The summed E-state index contributed by atoms with van der Waals surface area (Å²) in [6.07, 6.45) is 0.977. The van der Waals surface area contributed by atoms with E-state index in [2.05, 4.69) is 34.6 Å². The van der Waals surface area contributed by atoms with Gasteiger partial charge >= 0.3 is 7.52 Å². The summed E-state index contributed by atoms with van der Waals surface area (Å²) in [5.74, 6) is 0.617. The molecule has 2 aromatic carbocycles. The lowest BCUT2D eigenvalue weighted by Gasteiger charge is -2.18. The standard InChI is InChI=1S/C15H17INO2P/c1-3-12-8-10-13(11-9-12)19-20(2,18)17-15-7-5-4-6-14(15)16/h4-11H,3H2,1-2H3,(H,17,18)/t20-/m0/s1. The van der Waals surface area contributed by atoms with Crippen molar-refractivity contribution in [1.82, 2.24) is 0 Å². The zero-order valence-electron chi connectivity index (χ0n) is 11.5. The van der Waals surface area contributed by atoms with E-state index in [1.807, 2.05) is 48.5 Å². The maximum absolute atomic E-state index is 12.5. The summed E-state index contributed by atoms with van der Waals surface area (Å²) in [6, 6.07) is 15.4. The average Bonchev–Trinajstić information content (AvgIpc) is 2.41. The molecule has 0 radical (unpaired) electrons. The van der Waals surface area contributed by atoms with Gasteiger partial charge in [0.15, 0.2) is 0 Å². The number of hydrogen-bond donors (Lipinski definition) is 1. The predicted octanol–water partition coefficient (Wildman–Crippen LogP) is 5.17. The van der Waals surface area contributed by atoms with Gasteiger partial charge in [-0.3, -0.25) is 4.57 Å². The molecule has 0 saturated carbocycles. The highest BCUT2D eigenvalue weighted by Crippen LogP contribution is 2.44. The van der Waals surface area contributed by atoms with Crippen LogP contribution in [0.25, 0.3) is 0 Å². The van der Waals surface area contributed by atoms with Gasteiger partial charge in [0.25, 0.3) is 0 Å². The quantitative estimate of drug-likeness (QED) is 0.555. The van der Waals surface area contributed by atoms with Gasteiger partial charge in [0.05, 0.1) is 5.69 Å². The van der Waals surface area contributed by atoms with Gasteiger partial charge in [0.1, 0.15) is 5.75 Å². The molecular weight excluding hydrogens is 384 g/mol. The topological polar surface area (TPSA) is 38.3 Å². The summed E-state index contributed by atoms with van der Waals surface area (Å²) in [5.41, 5.74) is 2.05. The Morgan fingerprint density at radius 3 is 2.40 bits per heavy atom. The third kappa shape index (κ3) is 4.25. The Kier molecular flexibility index (Phi) is 5.11. The van der Waals surface area contributed by atoms with Crippen molar-refractivity contribution in [3.63, 3.8) is 0 Å². The molecule has 0 amide bonds. The Morgan fingerprint density at radius 1 is 1.15 bits per heavy atom. The van der Waals surface area contributed by atoms with Gasteiger partial charge in [-0.1, -0.05) is 31.2 Å². The Hall–Kier alpha value is -1.000. The first kappa shape index (κ1) is 15.4. The van der Waals surface area contributed by atoms with Crippen LogP contribution in [0.3, 0.4) is 0 Å². The van der Waals surface area contributed by atoms with Crippen LogP contribution < -0.4 is 9.61 Å². The Bertz CT molecular complexity index is 628. The minimum atomic E-state index is -2.94. The maximum Gasteiger partial charge on any atom is 0.338 e. The molecule has 0 bridgehead atoms. The molecule has 1 N–H and O–H groups in total. The van der Waals surface area contributed by atoms with Crippen LogP contribution >= 0.6 is 30.1 Å². The smallest absolute Gasteiger partial charge is 0.338 e. The van der Waals surface area contributed by atoms with Crippen LogP contribution in [0.1, 0.15) is 12.5 Å². The Labute approximate surface area is 133 Å². The molecule has 1 atom stereocenters. The fourth-order valence-electron chi connectivity index (χ4n) is 1.78. The first-order chi connectivity index (χ1) is 9.50. The Balaban J connectivity index is 2.10. The molecule has 0 heterocycles. The molecule has 2 rings (SSSR count). The predicted molar refractivity (Wildman–Crippen MR) is 92.8 cm³/mol. The number of anilines is 1. The molecule has 3 nitrogen and oxygen atoms in total. The van der Waals surface area contributed by atoms with Crippen molar-refractivity contribution >= 4 is 35.8 Å². The first-order valence-electron chi connectivity index (χ1n) is 6.39. The lowest BCUT2D eigenvalue weighted by molar-refractivity contribution is 0.493. The summed E-state index contributed by atoms with van der Waals surface area (Å²) in [4.78, 5) is 0. The van der Waals surface area contributed by atoms with Crippen molar-refractivity contribution < 1.29 is 9.09 Å². The third-order valence-corrected chi connectivity index (χ3v) is 4.96. The third-order valence-electron chi connectivity index (χ3n) is 2.81. The number of rotatable bonds is 5. The summed E-state index contributed by atoms with van der Waals surface area (Å²) >= 11 is 2.20. The number of hydrogen-bond acceptors (Lipinski definition) is 2. The number of aryl methyl sites for hydroxylation is 1. The fraction of sp³-hybridized carbons (Fsp3) is 0.200. The molecular formula is C15H17INO2P. The molecule has 106 valence electrons. The van der Waals surface area contributed by atoms with Gasteiger partial charge in [-0.2, -0.15) is 0 Å². The lowest BCUT2D eigenvalue weighted by Crippen LogP contribution is -2.03. The van der Waals surface area contributed by atoms with Crippen molar-refractivity contribution in [3.05, 3.63) is 57.7 Å². The van der Waals surface area contributed by atoms with Crippen LogP contribution in [0, 0.1) is 3.57 Å². The van der Waals surface area contributed by atoms with Crippen LogP contribution in [0.4, 0.5) is 5.69 Å². The largest absolute Gasteiger partial charge is 0.429 e. The van der Waals surface area contributed by atoms with Gasteiger partial charge in [-0.25, -0.2) is 0 Å². The molecule has 0 aliphatic carbocycles. The van der Waals surface area contributed by atoms with Crippen LogP contribution in [0.5, 0.6) is 5.75 Å². The summed E-state index contributed by atoms with van der Waals surface area (Å²) in [6.45, 7) is 3.68. The number of nitrogens with one attached hydrogen (secondary N) is 1. The van der Waals surface area contributed by atoms with E-state index in [-0.39, 0.29) is 0 Å². The molecule has 0 unspecified atom stereocenters. The van der Waals surface area contributed by atoms with Crippen LogP contribution in [-0.2, 0) is 11.0 Å². The molecule has 0 aliphatic heterocycles. The minimum absolute atomic E-state index is 0.617. The van der Waals surface area contributed by atoms with Crippen molar-refractivity contribution in [2.24, 2.45) is 0 Å². The van der Waals surface area contributed by atoms with E-state index in [4.69, 9.17) is 4.52 Å².